The van der Waals surface area contributed by atoms with E-state index in [1.54, 1.807) is 0 Å². The number of nitro groups is 1. The van der Waals surface area contributed by atoms with E-state index in [4.69, 9.17) is 0 Å². The van der Waals surface area contributed by atoms with Crippen LogP contribution in [0.1, 0.15) is 10.4 Å². The van der Waals surface area contributed by atoms with Crippen LogP contribution in [0.2, 0.25) is 0 Å². The third kappa shape index (κ3) is 5.89. The summed E-state index contributed by atoms with van der Waals surface area (Å²) < 4.78 is 13.3. The number of non-ortho nitro benzene ring substituents is 1. The highest BCUT2D eigenvalue weighted by atomic mass is 32.2. The second-order valence-corrected chi connectivity index (χ2v) is 7.69. The Morgan fingerprint density at radius 1 is 1.06 bits per heavy atom. The molecule has 0 bridgehead atoms. The molecule has 31 heavy (non-hydrogen) atoms. The van der Waals surface area contributed by atoms with Crippen molar-refractivity contribution in [1.29, 1.82) is 0 Å². The maximum absolute atomic E-state index is 13.3. The van der Waals surface area contributed by atoms with E-state index in [0.717, 1.165) is 15.9 Å². The van der Waals surface area contributed by atoms with E-state index in [-0.39, 0.29) is 23.5 Å². The molecular weight excluding hydrogens is 421 g/mol. The van der Waals surface area contributed by atoms with E-state index in [2.05, 4.69) is 5.32 Å². The van der Waals surface area contributed by atoms with Crippen molar-refractivity contribution in [2.45, 2.75) is 9.79 Å². The molecule has 9 heteroatoms. The molecule has 3 aromatic carbocycles. The lowest BCUT2D eigenvalue weighted by atomic mass is 10.1. The molecular formula is C22H18FN3O4S. The number of nitro benzene ring substituents is 1. The van der Waals surface area contributed by atoms with Gasteiger partial charge in [0.05, 0.1) is 17.0 Å². The van der Waals surface area contributed by atoms with Crippen LogP contribution in [-0.4, -0.2) is 35.2 Å². The molecule has 0 heterocycles. The zero-order valence-corrected chi connectivity index (χ0v) is 17.3. The number of nitrogens with zero attached hydrogens (tertiary/aromatic N) is 2. The maximum Gasteiger partial charge on any atom is 0.270 e. The number of hydrogen-bond donors (Lipinski definition) is 1. The molecule has 2 amide bonds. The lowest BCUT2D eigenvalue weighted by Gasteiger charge is -2.18. The van der Waals surface area contributed by atoms with E-state index in [1.807, 2.05) is 30.3 Å². The van der Waals surface area contributed by atoms with Gasteiger partial charge in [0.15, 0.2) is 0 Å². The molecule has 0 saturated heterocycles. The Morgan fingerprint density at radius 3 is 2.48 bits per heavy atom. The van der Waals surface area contributed by atoms with Gasteiger partial charge in [0, 0.05) is 34.7 Å². The summed E-state index contributed by atoms with van der Waals surface area (Å²) in [7, 11) is 1.42. The second kappa shape index (κ2) is 9.86. The molecule has 1 N–H and O–H groups in total. The fourth-order valence-corrected chi connectivity index (χ4v) is 3.70. The van der Waals surface area contributed by atoms with Gasteiger partial charge in [0.25, 0.3) is 11.6 Å². The van der Waals surface area contributed by atoms with E-state index in [0.29, 0.717) is 4.90 Å². The number of amides is 2. The van der Waals surface area contributed by atoms with Crippen LogP contribution in [0.4, 0.5) is 15.8 Å². The summed E-state index contributed by atoms with van der Waals surface area (Å²) in [6, 6.07) is 18.7. The highest BCUT2D eigenvalue weighted by Gasteiger charge is 2.22. The molecule has 3 rings (SSSR count). The summed E-state index contributed by atoms with van der Waals surface area (Å²) >= 11 is 1.29. The number of likely N-dealkylation sites (N-methyl/N-ethyl adjacent to an activating group) is 1. The van der Waals surface area contributed by atoms with Gasteiger partial charge in [-0.05, 0) is 36.4 Å². The minimum Gasteiger partial charge on any atom is -0.332 e. The number of hydrogen-bond acceptors (Lipinski definition) is 5. The van der Waals surface area contributed by atoms with E-state index in [1.165, 1.54) is 55.2 Å². The van der Waals surface area contributed by atoms with Crippen molar-refractivity contribution in [3.8, 4) is 0 Å². The maximum atomic E-state index is 13.3. The highest BCUT2D eigenvalue weighted by molar-refractivity contribution is 7.99. The van der Waals surface area contributed by atoms with Crippen molar-refractivity contribution >= 4 is 35.0 Å². The lowest BCUT2D eigenvalue weighted by molar-refractivity contribution is -0.384. The topological polar surface area (TPSA) is 92.6 Å². The first-order valence-corrected chi connectivity index (χ1v) is 9.97. The molecule has 7 nitrogen and oxygen atoms in total. The lowest BCUT2D eigenvalue weighted by Crippen LogP contribution is -2.35. The number of benzene rings is 3. The summed E-state index contributed by atoms with van der Waals surface area (Å²) in [5.41, 5.74) is 0.156. The standard InChI is InChI=1S/C22H18FN3O4S/c1-25(14-21(27)24-16-7-5-6-15(23)12-16)22(28)19-13-17(26(29)30)10-11-20(19)31-18-8-3-2-4-9-18/h2-13H,14H2,1H3,(H,24,27). The molecule has 0 fully saturated rings. The van der Waals surface area contributed by atoms with Crippen molar-refractivity contribution < 1.29 is 18.9 Å². The Kier molecular flexibility index (Phi) is 6.99. The van der Waals surface area contributed by atoms with Crippen molar-refractivity contribution in [2.75, 3.05) is 18.9 Å². The van der Waals surface area contributed by atoms with Crippen LogP contribution < -0.4 is 5.32 Å². The largest absolute Gasteiger partial charge is 0.332 e. The first kappa shape index (κ1) is 22.0. The van der Waals surface area contributed by atoms with Gasteiger partial charge in [-0.15, -0.1) is 0 Å². The van der Waals surface area contributed by atoms with Gasteiger partial charge in [0.1, 0.15) is 5.82 Å². The highest BCUT2D eigenvalue weighted by Crippen LogP contribution is 2.33. The van der Waals surface area contributed by atoms with Gasteiger partial charge in [-0.1, -0.05) is 36.0 Å². The number of anilines is 1. The van der Waals surface area contributed by atoms with Gasteiger partial charge in [0.2, 0.25) is 5.91 Å². The fourth-order valence-electron chi connectivity index (χ4n) is 2.76. The van der Waals surface area contributed by atoms with Gasteiger partial charge in [-0.25, -0.2) is 4.39 Å². The summed E-state index contributed by atoms with van der Waals surface area (Å²) in [6.45, 7) is -0.312. The van der Waals surface area contributed by atoms with Gasteiger partial charge in [-0.2, -0.15) is 0 Å². The van der Waals surface area contributed by atoms with Crippen molar-refractivity contribution in [3.05, 3.63) is 94.3 Å². The zero-order valence-electron chi connectivity index (χ0n) is 16.4. The summed E-state index contributed by atoms with van der Waals surface area (Å²) in [6.07, 6.45) is 0. The third-order valence-corrected chi connectivity index (χ3v) is 5.30. The second-order valence-electron chi connectivity index (χ2n) is 6.57. The Hall–Kier alpha value is -3.72. The summed E-state index contributed by atoms with van der Waals surface area (Å²) in [5, 5.41) is 13.7. The molecule has 158 valence electrons. The van der Waals surface area contributed by atoms with Crippen LogP contribution >= 0.6 is 11.8 Å². The number of carbonyl (C=O) groups is 2. The van der Waals surface area contributed by atoms with Crippen LogP contribution in [0.3, 0.4) is 0 Å². The molecule has 0 aromatic heterocycles. The first-order chi connectivity index (χ1) is 14.8. The van der Waals surface area contributed by atoms with Crippen LogP contribution in [0.15, 0.2) is 82.6 Å². The van der Waals surface area contributed by atoms with Crippen LogP contribution in [0.5, 0.6) is 0 Å². The molecule has 0 atom stereocenters. The Bertz CT molecular complexity index is 1120. The number of carbonyl (C=O) groups excluding carboxylic acids is 2. The monoisotopic (exact) mass is 439 g/mol. The van der Waals surface area contributed by atoms with Crippen LogP contribution in [-0.2, 0) is 4.79 Å². The van der Waals surface area contributed by atoms with E-state index >= 15 is 0 Å². The van der Waals surface area contributed by atoms with Crippen molar-refractivity contribution in [2.24, 2.45) is 0 Å². The van der Waals surface area contributed by atoms with Gasteiger partial charge in [-0.3, -0.25) is 19.7 Å². The van der Waals surface area contributed by atoms with Crippen molar-refractivity contribution in [3.63, 3.8) is 0 Å². The molecule has 0 aliphatic heterocycles. The predicted molar refractivity (Wildman–Crippen MR) is 116 cm³/mol. The van der Waals surface area contributed by atoms with Gasteiger partial charge < -0.3 is 10.2 Å². The van der Waals surface area contributed by atoms with Crippen LogP contribution in [0, 0.1) is 15.9 Å². The van der Waals surface area contributed by atoms with E-state index in [9.17, 15) is 24.1 Å². The molecule has 0 radical (unpaired) electrons. The summed E-state index contributed by atoms with van der Waals surface area (Å²) in [5.74, 6) is -1.57. The Labute approximate surface area is 182 Å². The SMILES string of the molecule is CN(CC(=O)Nc1cccc(F)c1)C(=O)c1cc([N+](=O)[O-])ccc1Sc1ccccc1. The van der Waals surface area contributed by atoms with Gasteiger partial charge >= 0.3 is 0 Å². The number of rotatable bonds is 7. The molecule has 0 spiro atoms. The average molecular weight is 439 g/mol. The molecule has 0 saturated carbocycles. The molecule has 0 aliphatic carbocycles. The number of nitrogens with one attached hydrogen (secondary N) is 1. The normalized spacial score (nSPS) is 10.4. The van der Waals surface area contributed by atoms with E-state index < -0.39 is 22.6 Å². The smallest absolute Gasteiger partial charge is 0.270 e. The third-order valence-electron chi connectivity index (χ3n) is 4.21. The number of halogens is 1. The molecule has 0 aliphatic rings. The predicted octanol–water partition coefficient (Wildman–Crippen LogP) is 4.60. The van der Waals surface area contributed by atoms with Crippen LogP contribution in [0.25, 0.3) is 0 Å². The minimum absolute atomic E-state index is 0.115. The fraction of sp³-hybridized carbons (Fsp3) is 0.0909. The summed E-state index contributed by atoms with van der Waals surface area (Å²) in [4.78, 5) is 38.5. The quantitative estimate of drug-likeness (QED) is 0.429. The first-order valence-electron chi connectivity index (χ1n) is 9.15. The Morgan fingerprint density at radius 2 is 1.81 bits per heavy atom. The zero-order chi connectivity index (χ0) is 22.4. The molecule has 3 aromatic rings. The molecule has 0 unspecified atom stereocenters. The van der Waals surface area contributed by atoms with Crippen molar-refractivity contribution in [1.82, 2.24) is 4.90 Å². The average Bonchev–Trinajstić information content (AvgIpc) is 2.74. The minimum atomic E-state index is -0.579. The Balaban J connectivity index is 1.80.